The van der Waals surface area contributed by atoms with Crippen LogP contribution in [0.15, 0.2) is 0 Å². The van der Waals surface area contributed by atoms with Gasteiger partial charge in [-0.15, -0.1) is 0 Å². The van der Waals surface area contributed by atoms with Crippen LogP contribution >= 0.6 is 0 Å². The van der Waals surface area contributed by atoms with E-state index in [2.05, 4.69) is 11.5 Å². The van der Waals surface area contributed by atoms with Crippen LogP contribution in [0.2, 0.25) is 0 Å². The Bertz CT molecular complexity index is 116. The van der Waals surface area contributed by atoms with Gasteiger partial charge in [-0.3, -0.25) is 9.59 Å². The molecule has 8 nitrogen and oxygen atoms in total. The van der Waals surface area contributed by atoms with E-state index in [1.54, 1.807) is 0 Å². The third-order valence-electron chi connectivity index (χ3n) is 0.598. The van der Waals surface area contributed by atoms with E-state index in [0.717, 1.165) is 11.0 Å². The average Bonchev–Trinajstić information content (AvgIpc) is 2.16. The Morgan fingerprint density at radius 2 is 1.23 bits per heavy atom. The summed E-state index contributed by atoms with van der Waals surface area (Å²) in [6.45, 7) is -0.465. The van der Waals surface area contributed by atoms with Crippen molar-refractivity contribution in [3.63, 3.8) is 0 Å². The van der Waals surface area contributed by atoms with Crippen molar-refractivity contribution < 1.29 is 26.1 Å². The molecule has 6 N–H and O–H groups in total. The van der Waals surface area contributed by atoms with Crippen LogP contribution < -0.4 is 22.4 Å². The van der Waals surface area contributed by atoms with E-state index in [0.29, 0.717) is 0 Å². The number of hydrogen-bond acceptors (Lipinski definition) is 6. The summed E-state index contributed by atoms with van der Waals surface area (Å²) in [4.78, 5) is 19.3. The van der Waals surface area contributed by atoms with Crippen LogP contribution in [0.1, 0.15) is 0 Å². The minimum absolute atomic E-state index is 0. The smallest absolute Gasteiger partial charge is 0.223 e. The molecule has 82 valence electrons. The van der Waals surface area contributed by atoms with Gasteiger partial charge in [0.25, 0.3) is 0 Å². The normalized spacial score (nSPS) is 7.08. The van der Waals surface area contributed by atoms with E-state index >= 15 is 0 Å². The molecule has 0 atom stereocenters. The number of nitrogens with one attached hydrogen (secondary N) is 2. The zero-order chi connectivity index (χ0) is 9.98. The molecular weight excluding hydrogens is 227 g/mol. The molecule has 9 heteroatoms. The van der Waals surface area contributed by atoms with Gasteiger partial charge in [-0.05, 0) is 0 Å². The molecule has 0 bridgehead atoms. The fourth-order valence-corrected chi connectivity index (χ4v) is 0.0833. The molecule has 0 aromatic rings. The van der Waals surface area contributed by atoms with Gasteiger partial charge in [-0.1, -0.05) is 0 Å². The van der Waals surface area contributed by atoms with E-state index < -0.39 is 11.8 Å². The number of amides is 2. The summed E-state index contributed by atoms with van der Waals surface area (Å²) in [5, 5.41) is 18.4. The van der Waals surface area contributed by atoms with Gasteiger partial charge < -0.3 is 32.8 Å². The Kier molecular flexibility index (Phi) is 19.3. The predicted molar refractivity (Wildman–Crippen MR) is 41.1 cm³/mol. The zero-order valence-electron chi connectivity index (χ0n) is 6.52. The summed E-state index contributed by atoms with van der Waals surface area (Å²) in [5.74, 6) is -1.37. The molecular formula is C4H10N4NiO4-2. The van der Waals surface area contributed by atoms with E-state index in [4.69, 9.17) is 0 Å². The molecule has 0 unspecified atom stereocenters. The summed E-state index contributed by atoms with van der Waals surface area (Å²) in [7, 11) is 0. The van der Waals surface area contributed by atoms with Gasteiger partial charge in [0.05, 0.1) is 13.1 Å². The van der Waals surface area contributed by atoms with Gasteiger partial charge in [0, 0.05) is 16.5 Å². The fourth-order valence-electron chi connectivity index (χ4n) is 0.0833. The van der Waals surface area contributed by atoms with Gasteiger partial charge in [0.15, 0.2) is 0 Å². The molecule has 0 saturated carbocycles. The molecule has 0 heterocycles. The summed E-state index contributed by atoms with van der Waals surface area (Å²) < 4.78 is 0. The standard InChI is InChI=1S/2C2H5N2O2.Ni/c2*3-1-2(5)4-6;/h2*1,3H2,(H-,4,5,6);/q2*-1;. The second-order valence-electron chi connectivity index (χ2n) is 1.46. The van der Waals surface area contributed by atoms with Crippen molar-refractivity contribution in [1.82, 2.24) is 11.0 Å². The molecule has 0 aromatic carbocycles. The minimum atomic E-state index is -0.685. The Morgan fingerprint density at radius 1 is 1.00 bits per heavy atom. The number of rotatable bonds is 2. The van der Waals surface area contributed by atoms with Crippen LogP contribution in [0.25, 0.3) is 0 Å². The maximum Gasteiger partial charge on any atom is 0.223 e. The van der Waals surface area contributed by atoms with Gasteiger partial charge in [-0.25, -0.2) is 0 Å². The molecule has 0 aliphatic rings. The molecule has 2 amide bonds. The topological polar surface area (TPSA) is 156 Å². The Hall–Kier alpha value is -0.726. The predicted octanol–water partition coefficient (Wildman–Crippen LogP) is -2.88. The zero-order valence-corrected chi connectivity index (χ0v) is 7.51. The molecule has 0 aliphatic carbocycles. The van der Waals surface area contributed by atoms with E-state index in [1.165, 1.54) is 0 Å². The summed E-state index contributed by atoms with van der Waals surface area (Å²) >= 11 is 0. The average molecular weight is 237 g/mol. The monoisotopic (exact) mass is 236 g/mol. The van der Waals surface area contributed by atoms with Crippen LogP contribution in [0, 0.1) is 10.4 Å². The molecule has 0 aliphatic heterocycles. The number of hydrogen-bond donors (Lipinski definition) is 4. The van der Waals surface area contributed by atoms with Crippen molar-refractivity contribution in [3.8, 4) is 0 Å². The van der Waals surface area contributed by atoms with Gasteiger partial charge in [-0.2, -0.15) is 0 Å². The second-order valence-corrected chi connectivity index (χ2v) is 1.46. The molecule has 0 rings (SSSR count). The summed E-state index contributed by atoms with van der Waals surface area (Å²) in [6.07, 6.45) is 0. The first-order chi connectivity index (χ1) is 5.62. The molecule has 0 saturated heterocycles. The van der Waals surface area contributed by atoms with Gasteiger partial charge >= 0.3 is 0 Å². The molecule has 13 heavy (non-hydrogen) atoms. The van der Waals surface area contributed by atoms with Gasteiger partial charge in [0.2, 0.25) is 11.8 Å². The number of carbonyl (C=O) groups excluding carboxylic acids is 2. The van der Waals surface area contributed by atoms with Gasteiger partial charge in [0.1, 0.15) is 0 Å². The first-order valence-corrected chi connectivity index (χ1v) is 2.84. The maximum absolute atomic E-state index is 9.63. The van der Waals surface area contributed by atoms with Crippen molar-refractivity contribution in [1.29, 1.82) is 0 Å². The van der Waals surface area contributed by atoms with Crippen molar-refractivity contribution in [2.45, 2.75) is 0 Å². The van der Waals surface area contributed by atoms with Crippen LogP contribution in [0.3, 0.4) is 0 Å². The second kappa shape index (κ2) is 13.8. The Labute approximate surface area is 84.5 Å². The van der Waals surface area contributed by atoms with Crippen LogP contribution in [-0.2, 0) is 26.1 Å². The summed E-state index contributed by atoms with van der Waals surface area (Å²) in [5.41, 5.74) is 11.5. The van der Waals surface area contributed by atoms with E-state index in [9.17, 15) is 20.0 Å². The SMILES string of the molecule is NCC(=O)N[O-].NCC(=O)N[O-].[Ni]. The van der Waals surface area contributed by atoms with Crippen LogP contribution in [0.5, 0.6) is 0 Å². The van der Waals surface area contributed by atoms with Crippen molar-refractivity contribution >= 4 is 11.8 Å². The Morgan fingerprint density at radius 3 is 1.23 bits per heavy atom. The number of nitrogens with two attached hydrogens (primary N) is 2. The van der Waals surface area contributed by atoms with Crippen LogP contribution in [0.4, 0.5) is 0 Å². The quantitative estimate of drug-likeness (QED) is 0.298. The first-order valence-electron chi connectivity index (χ1n) is 2.84. The number of carbonyl (C=O) groups is 2. The molecule has 0 radical (unpaired) electrons. The number of hydroxylamine groups is 2. The largest absolute Gasteiger partial charge is 0.759 e. The van der Waals surface area contributed by atoms with E-state index in [-0.39, 0.29) is 29.6 Å². The third kappa shape index (κ3) is 18.3. The van der Waals surface area contributed by atoms with Crippen molar-refractivity contribution in [2.75, 3.05) is 13.1 Å². The molecule has 0 aromatic heterocycles. The fraction of sp³-hybridized carbons (Fsp3) is 0.500. The Balaban J connectivity index is -0.000000143. The van der Waals surface area contributed by atoms with Crippen LogP contribution in [-0.4, -0.2) is 24.9 Å². The van der Waals surface area contributed by atoms with E-state index in [1.807, 2.05) is 0 Å². The third-order valence-corrected chi connectivity index (χ3v) is 0.598. The summed E-state index contributed by atoms with van der Waals surface area (Å²) in [6, 6.07) is 0. The van der Waals surface area contributed by atoms with Crippen molar-refractivity contribution in [2.24, 2.45) is 11.5 Å². The minimum Gasteiger partial charge on any atom is -0.759 e. The van der Waals surface area contributed by atoms with Crippen molar-refractivity contribution in [3.05, 3.63) is 10.4 Å². The maximum atomic E-state index is 9.63. The molecule has 0 fully saturated rings. The molecule has 0 spiro atoms. The first kappa shape index (κ1) is 18.1.